The standard InChI is InChI=1S/C12H26N4O2/c1-4-14-11(17)10-15(2)9-6-12(18)16(3)8-5-7-13/h4-10,13H2,1-3H3,(H,14,17). The van der Waals surface area contributed by atoms with Gasteiger partial charge in [0.1, 0.15) is 0 Å². The molecule has 0 aliphatic rings. The van der Waals surface area contributed by atoms with Crippen LogP contribution in [0.15, 0.2) is 0 Å². The Balaban J connectivity index is 3.80. The molecule has 0 radical (unpaired) electrons. The molecule has 0 heterocycles. The first-order chi connectivity index (χ1) is 8.51. The fourth-order valence-corrected chi connectivity index (χ4v) is 1.51. The van der Waals surface area contributed by atoms with Crippen LogP contribution in [0.5, 0.6) is 0 Å². The minimum absolute atomic E-state index is 0.0102. The number of amides is 2. The van der Waals surface area contributed by atoms with Gasteiger partial charge in [0.15, 0.2) is 0 Å². The lowest BCUT2D eigenvalue weighted by Gasteiger charge is -2.19. The zero-order valence-electron chi connectivity index (χ0n) is 11.7. The second-order valence-corrected chi connectivity index (χ2v) is 4.40. The largest absolute Gasteiger partial charge is 0.355 e. The fraction of sp³-hybridized carbons (Fsp3) is 0.833. The van der Waals surface area contributed by atoms with Crippen LogP contribution in [0, 0.1) is 0 Å². The monoisotopic (exact) mass is 258 g/mol. The van der Waals surface area contributed by atoms with E-state index in [4.69, 9.17) is 5.73 Å². The molecule has 106 valence electrons. The quantitative estimate of drug-likeness (QED) is 0.570. The number of hydrogen-bond donors (Lipinski definition) is 2. The van der Waals surface area contributed by atoms with E-state index >= 15 is 0 Å². The summed E-state index contributed by atoms with van der Waals surface area (Å²) in [5.41, 5.74) is 5.39. The molecule has 3 N–H and O–H groups in total. The number of rotatable bonds is 9. The highest BCUT2D eigenvalue weighted by atomic mass is 16.2. The van der Waals surface area contributed by atoms with Gasteiger partial charge in [0.25, 0.3) is 0 Å². The van der Waals surface area contributed by atoms with Crippen LogP contribution in [0.4, 0.5) is 0 Å². The Bertz CT molecular complexity index is 258. The Kier molecular flexibility index (Phi) is 9.22. The molecule has 0 saturated carbocycles. The molecule has 0 spiro atoms. The van der Waals surface area contributed by atoms with Gasteiger partial charge in [-0.3, -0.25) is 14.5 Å². The second-order valence-electron chi connectivity index (χ2n) is 4.40. The molecule has 6 heteroatoms. The van der Waals surface area contributed by atoms with Crippen molar-refractivity contribution in [3.05, 3.63) is 0 Å². The van der Waals surface area contributed by atoms with E-state index in [1.807, 2.05) is 18.9 Å². The number of nitrogens with zero attached hydrogens (tertiary/aromatic N) is 2. The average molecular weight is 258 g/mol. The Hall–Kier alpha value is -1.14. The van der Waals surface area contributed by atoms with E-state index in [1.165, 1.54) is 0 Å². The zero-order chi connectivity index (χ0) is 14.0. The summed E-state index contributed by atoms with van der Waals surface area (Å²) in [7, 11) is 3.62. The van der Waals surface area contributed by atoms with Crippen molar-refractivity contribution >= 4 is 11.8 Å². The highest BCUT2D eigenvalue weighted by molar-refractivity contribution is 5.78. The summed E-state index contributed by atoms with van der Waals surface area (Å²) in [6, 6.07) is 0. The predicted molar refractivity (Wildman–Crippen MR) is 72.1 cm³/mol. The molecular formula is C12H26N4O2. The summed E-state index contributed by atoms with van der Waals surface area (Å²) < 4.78 is 0. The van der Waals surface area contributed by atoms with Crippen LogP contribution in [0.1, 0.15) is 19.8 Å². The topological polar surface area (TPSA) is 78.7 Å². The number of nitrogens with one attached hydrogen (secondary N) is 1. The van der Waals surface area contributed by atoms with E-state index < -0.39 is 0 Å². The van der Waals surface area contributed by atoms with Crippen molar-refractivity contribution in [3.63, 3.8) is 0 Å². The third-order valence-electron chi connectivity index (χ3n) is 2.62. The molecule has 0 aromatic rings. The van der Waals surface area contributed by atoms with Crippen LogP contribution in [-0.4, -0.2) is 68.4 Å². The van der Waals surface area contributed by atoms with Crippen molar-refractivity contribution in [2.45, 2.75) is 19.8 Å². The zero-order valence-corrected chi connectivity index (χ0v) is 11.7. The molecule has 0 unspecified atom stereocenters. The van der Waals surface area contributed by atoms with Crippen molar-refractivity contribution < 1.29 is 9.59 Å². The maximum Gasteiger partial charge on any atom is 0.234 e. The molecule has 0 aliphatic carbocycles. The van der Waals surface area contributed by atoms with E-state index in [0.29, 0.717) is 39.1 Å². The normalized spacial score (nSPS) is 10.5. The summed E-state index contributed by atoms with van der Waals surface area (Å²) in [5.74, 6) is 0.0788. The number of likely N-dealkylation sites (N-methyl/N-ethyl adjacent to an activating group) is 2. The van der Waals surface area contributed by atoms with Gasteiger partial charge >= 0.3 is 0 Å². The minimum Gasteiger partial charge on any atom is -0.355 e. The van der Waals surface area contributed by atoms with Gasteiger partial charge in [0.05, 0.1) is 6.54 Å². The highest BCUT2D eigenvalue weighted by Crippen LogP contribution is 1.95. The summed E-state index contributed by atoms with van der Waals surface area (Å²) in [6.07, 6.45) is 1.24. The smallest absolute Gasteiger partial charge is 0.234 e. The van der Waals surface area contributed by atoms with Gasteiger partial charge in [-0.05, 0) is 26.9 Å². The Morgan fingerprint density at radius 1 is 1.22 bits per heavy atom. The average Bonchev–Trinajstić information content (AvgIpc) is 2.33. The van der Waals surface area contributed by atoms with E-state index in [1.54, 1.807) is 11.9 Å². The Labute approximate surface area is 109 Å². The molecule has 6 nitrogen and oxygen atoms in total. The molecule has 18 heavy (non-hydrogen) atoms. The van der Waals surface area contributed by atoms with E-state index in [2.05, 4.69) is 5.32 Å². The molecule has 0 bridgehead atoms. The summed E-state index contributed by atoms with van der Waals surface area (Å²) in [4.78, 5) is 26.6. The van der Waals surface area contributed by atoms with Gasteiger partial charge in [0.2, 0.25) is 11.8 Å². The molecule has 0 saturated heterocycles. The van der Waals surface area contributed by atoms with Gasteiger partial charge in [-0.1, -0.05) is 0 Å². The first kappa shape index (κ1) is 16.9. The molecule has 0 atom stereocenters. The minimum atomic E-state index is -0.0102. The third kappa shape index (κ3) is 8.03. The van der Waals surface area contributed by atoms with Gasteiger partial charge in [-0.2, -0.15) is 0 Å². The summed E-state index contributed by atoms with van der Waals surface area (Å²) >= 11 is 0. The van der Waals surface area contributed by atoms with E-state index in [0.717, 1.165) is 6.42 Å². The SMILES string of the molecule is CCNC(=O)CN(C)CCC(=O)N(C)CCCN. The number of hydrogen-bond acceptors (Lipinski definition) is 4. The molecule has 0 aromatic heterocycles. The maximum absolute atomic E-state index is 11.7. The van der Waals surface area contributed by atoms with Crippen LogP contribution in [0.25, 0.3) is 0 Å². The second kappa shape index (κ2) is 9.85. The molecule has 0 aromatic carbocycles. The van der Waals surface area contributed by atoms with Gasteiger partial charge < -0.3 is 16.0 Å². The lowest BCUT2D eigenvalue weighted by Crippen LogP contribution is -2.37. The lowest BCUT2D eigenvalue weighted by atomic mass is 10.3. The number of carbonyl (C=O) groups is 2. The molecule has 2 amide bonds. The van der Waals surface area contributed by atoms with Crippen molar-refractivity contribution in [1.29, 1.82) is 0 Å². The van der Waals surface area contributed by atoms with Crippen molar-refractivity contribution in [3.8, 4) is 0 Å². The van der Waals surface area contributed by atoms with Gasteiger partial charge in [-0.25, -0.2) is 0 Å². The van der Waals surface area contributed by atoms with Crippen molar-refractivity contribution in [2.75, 3.05) is 46.8 Å². The molecule has 0 aliphatic heterocycles. The van der Waals surface area contributed by atoms with Crippen LogP contribution in [-0.2, 0) is 9.59 Å². The predicted octanol–water partition coefficient (Wildman–Crippen LogP) is -0.748. The first-order valence-electron chi connectivity index (χ1n) is 6.40. The van der Waals surface area contributed by atoms with Crippen LogP contribution >= 0.6 is 0 Å². The lowest BCUT2D eigenvalue weighted by molar-refractivity contribution is -0.130. The third-order valence-corrected chi connectivity index (χ3v) is 2.62. The highest BCUT2D eigenvalue weighted by Gasteiger charge is 2.11. The Morgan fingerprint density at radius 2 is 1.89 bits per heavy atom. The molecular weight excluding hydrogens is 232 g/mol. The van der Waals surface area contributed by atoms with Crippen molar-refractivity contribution in [1.82, 2.24) is 15.1 Å². The van der Waals surface area contributed by atoms with Crippen molar-refractivity contribution in [2.24, 2.45) is 5.73 Å². The fourth-order valence-electron chi connectivity index (χ4n) is 1.51. The summed E-state index contributed by atoms with van der Waals surface area (Å²) in [6.45, 7) is 4.71. The van der Waals surface area contributed by atoms with E-state index in [9.17, 15) is 9.59 Å². The molecule has 0 fully saturated rings. The number of carbonyl (C=O) groups excluding carboxylic acids is 2. The van der Waals surface area contributed by atoms with Gasteiger partial charge in [-0.15, -0.1) is 0 Å². The maximum atomic E-state index is 11.7. The summed E-state index contributed by atoms with van der Waals surface area (Å²) in [5, 5.41) is 2.72. The van der Waals surface area contributed by atoms with Gasteiger partial charge in [0, 0.05) is 33.1 Å². The van der Waals surface area contributed by atoms with Crippen LogP contribution < -0.4 is 11.1 Å². The molecule has 0 rings (SSSR count). The number of nitrogens with two attached hydrogens (primary N) is 1. The first-order valence-corrected chi connectivity index (χ1v) is 6.40. The van der Waals surface area contributed by atoms with Crippen LogP contribution in [0.2, 0.25) is 0 Å². The van der Waals surface area contributed by atoms with Crippen LogP contribution in [0.3, 0.4) is 0 Å². The Morgan fingerprint density at radius 3 is 2.44 bits per heavy atom. The van der Waals surface area contributed by atoms with E-state index in [-0.39, 0.29) is 11.8 Å².